The van der Waals surface area contributed by atoms with Crippen LogP contribution < -0.4 is 14.4 Å². The van der Waals surface area contributed by atoms with E-state index in [-0.39, 0.29) is 42.1 Å². The Kier molecular flexibility index (Phi) is 12.7. The average molecular weight is 697 g/mol. The number of carbonyl (C=O) groups is 2. The monoisotopic (exact) mass is 695 g/mol. The maximum atomic E-state index is 14.7. The van der Waals surface area contributed by atoms with E-state index < -0.39 is 28.5 Å². The van der Waals surface area contributed by atoms with Gasteiger partial charge >= 0.3 is 0 Å². The Balaban J connectivity index is 1.86. The lowest BCUT2D eigenvalue weighted by Crippen LogP contribution is -2.54. The standard InChI is InChI=1S/C36H39Cl2N3O5S/c1-4-26(3)39-36(43)33(22-27-14-8-6-9-15-27)40(24-28-20-21-29(37)23-31(28)38)35(42)25-41(32-18-12-13-19-34(32)46-5-2)47(44,45)30-16-10-7-11-17-30/h6-21,23,26,33H,4-5,22,24-25H2,1-3H3,(H,39,43)/t26-,33-/m1/s1. The smallest absolute Gasteiger partial charge is 0.264 e. The summed E-state index contributed by atoms with van der Waals surface area (Å²) >= 11 is 12.8. The van der Waals surface area contributed by atoms with Crippen LogP contribution in [0.15, 0.2) is 108 Å². The molecule has 0 aliphatic heterocycles. The minimum atomic E-state index is -4.28. The molecule has 0 aliphatic rings. The molecule has 0 saturated heterocycles. The van der Waals surface area contributed by atoms with Crippen LogP contribution in [0.2, 0.25) is 10.0 Å². The van der Waals surface area contributed by atoms with E-state index >= 15 is 0 Å². The van der Waals surface area contributed by atoms with Gasteiger partial charge in [-0.15, -0.1) is 0 Å². The zero-order chi connectivity index (χ0) is 34.0. The molecule has 47 heavy (non-hydrogen) atoms. The molecule has 0 radical (unpaired) electrons. The van der Waals surface area contributed by atoms with Gasteiger partial charge in [0, 0.05) is 29.1 Å². The Bertz CT molecular complexity index is 1760. The van der Waals surface area contributed by atoms with Gasteiger partial charge in [0.1, 0.15) is 18.3 Å². The van der Waals surface area contributed by atoms with Crippen LogP contribution in [0.3, 0.4) is 0 Å². The largest absolute Gasteiger partial charge is 0.492 e. The molecule has 1 N–H and O–H groups in total. The normalized spacial score (nSPS) is 12.5. The molecular formula is C36H39Cl2N3O5S. The van der Waals surface area contributed by atoms with Gasteiger partial charge in [0.05, 0.1) is 17.2 Å². The molecule has 0 fully saturated rings. The molecule has 4 aromatic carbocycles. The third-order valence-electron chi connectivity index (χ3n) is 7.67. The van der Waals surface area contributed by atoms with Gasteiger partial charge in [-0.25, -0.2) is 8.42 Å². The molecule has 248 valence electrons. The van der Waals surface area contributed by atoms with Crippen molar-refractivity contribution in [3.8, 4) is 5.75 Å². The van der Waals surface area contributed by atoms with Crippen LogP contribution in [0.5, 0.6) is 5.75 Å². The minimum absolute atomic E-state index is 0.00162. The lowest BCUT2D eigenvalue weighted by atomic mass is 10.0. The van der Waals surface area contributed by atoms with Crippen LogP contribution in [-0.2, 0) is 32.6 Å². The molecule has 11 heteroatoms. The summed E-state index contributed by atoms with van der Waals surface area (Å²) in [5, 5.41) is 3.75. The first-order valence-electron chi connectivity index (χ1n) is 15.4. The van der Waals surface area contributed by atoms with E-state index in [2.05, 4.69) is 5.32 Å². The first-order valence-corrected chi connectivity index (χ1v) is 17.6. The molecule has 0 saturated carbocycles. The van der Waals surface area contributed by atoms with Gasteiger partial charge in [0.15, 0.2) is 0 Å². The molecule has 0 aromatic heterocycles. The van der Waals surface area contributed by atoms with Crippen LogP contribution in [0.25, 0.3) is 0 Å². The van der Waals surface area contributed by atoms with Gasteiger partial charge in [-0.1, -0.05) is 96.9 Å². The summed E-state index contributed by atoms with van der Waals surface area (Å²) in [7, 11) is -4.28. The van der Waals surface area contributed by atoms with E-state index in [1.165, 1.54) is 17.0 Å². The van der Waals surface area contributed by atoms with Crippen molar-refractivity contribution in [2.45, 2.75) is 57.1 Å². The number of benzene rings is 4. The highest BCUT2D eigenvalue weighted by Crippen LogP contribution is 2.33. The van der Waals surface area contributed by atoms with Crippen molar-refractivity contribution in [3.05, 3.63) is 124 Å². The van der Waals surface area contributed by atoms with Gasteiger partial charge in [-0.2, -0.15) is 0 Å². The second-order valence-electron chi connectivity index (χ2n) is 11.0. The van der Waals surface area contributed by atoms with Crippen molar-refractivity contribution in [3.63, 3.8) is 0 Å². The highest BCUT2D eigenvalue weighted by molar-refractivity contribution is 7.92. The zero-order valence-corrected chi connectivity index (χ0v) is 28.9. The van der Waals surface area contributed by atoms with Crippen molar-refractivity contribution in [2.24, 2.45) is 0 Å². The van der Waals surface area contributed by atoms with Crippen LogP contribution in [-0.4, -0.2) is 50.4 Å². The number of nitrogens with one attached hydrogen (secondary N) is 1. The van der Waals surface area contributed by atoms with Crippen molar-refractivity contribution in [2.75, 3.05) is 17.5 Å². The van der Waals surface area contributed by atoms with Crippen molar-refractivity contribution < 1.29 is 22.7 Å². The Morgan fingerprint density at radius 2 is 1.51 bits per heavy atom. The summed E-state index contributed by atoms with van der Waals surface area (Å²) in [6.07, 6.45) is 0.860. The molecule has 0 aliphatic carbocycles. The Labute approximate surface area is 287 Å². The molecule has 8 nitrogen and oxygen atoms in total. The zero-order valence-electron chi connectivity index (χ0n) is 26.6. The van der Waals surface area contributed by atoms with Gasteiger partial charge < -0.3 is 15.0 Å². The van der Waals surface area contributed by atoms with E-state index in [1.54, 1.807) is 67.6 Å². The second-order valence-corrected chi connectivity index (χ2v) is 13.7. The highest BCUT2D eigenvalue weighted by atomic mass is 35.5. The Morgan fingerprint density at radius 1 is 0.872 bits per heavy atom. The second kappa shape index (κ2) is 16.7. The third-order valence-corrected chi connectivity index (χ3v) is 10.0. The number of halogens is 2. The summed E-state index contributed by atoms with van der Waals surface area (Å²) in [6, 6.07) is 27.6. The number of carbonyl (C=O) groups excluding carboxylic acids is 2. The molecule has 2 atom stereocenters. The topological polar surface area (TPSA) is 96.0 Å². The minimum Gasteiger partial charge on any atom is -0.492 e. The fourth-order valence-electron chi connectivity index (χ4n) is 5.00. The predicted molar refractivity (Wildman–Crippen MR) is 187 cm³/mol. The van der Waals surface area contributed by atoms with E-state index in [4.69, 9.17) is 27.9 Å². The summed E-state index contributed by atoms with van der Waals surface area (Å²) in [5.74, 6) is -0.680. The number of sulfonamides is 1. The van der Waals surface area contributed by atoms with Gasteiger partial charge in [-0.05, 0) is 67.8 Å². The maximum Gasteiger partial charge on any atom is 0.264 e. The summed E-state index contributed by atoms with van der Waals surface area (Å²) in [4.78, 5) is 30.1. The molecule has 0 spiro atoms. The fraction of sp³-hybridized carbons (Fsp3) is 0.278. The number of hydrogen-bond acceptors (Lipinski definition) is 5. The van der Waals surface area contributed by atoms with E-state index in [0.717, 1.165) is 9.87 Å². The number of para-hydroxylation sites is 2. The third kappa shape index (κ3) is 9.28. The predicted octanol–water partition coefficient (Wildman–Crippen LogP) is 7.14. The SMILES string of the molecule is CCOc1ccccc1N(CC(=O)N(Cc1ccc(Cl)cc1Cl)[C@H](Cc1ccccc1)C(=O)N[C@H](C)CC)S(=O)(=O)c1ccccc1. The lowest BCUT2D eigenvalue weighted by molar-refractivity contribution is -0.140. The fourth-order valence-corrected chi connectivity index (χ4v) is 6.92. The first-order chi connectivity index (χ1) is 22.5. The Hall–Kier alpha value is -4.05. The molecule has 0 unspecified atom stereocenters. The molecule has 0 bridgehead atoms. The number of anilines is 1. The lowest BCUT2D eigenvalue weighted by Gasteiger charge is -2.34. The molecule has 4 aromatic rings. The van der Waals surface area contributed by atoms with Crippen molar-refractivity contribution >= 4 is 50.7 Å². The Morgan fingerprint density at radius 3 is 2.15 bits per heavy atom. The van der Waals surface area contributed by atoms with Crippen LogP contribution in [0.4, 0.5) is 5.69 Å². The summed E-state index contributed by atoms with van der Waals surface area (Å²) < 4.78 is 35.4. The average Bonchev–Trinajstić information content (AvgIpc) is 3.07. The van der Waals surface area contributed by atoms with Crippen LogP contribution in [0.1, 0.15) is 38.3 Å². The highest BCUT2D eigenvalue weighted by Gasteiger charge is 2.36. The molecule has 2 amide bonds. The molecular weight excluding hydrogens is 657 g/mol. The van der Waals surface area contributed by atoms with Crippen molar-refractivity contribution in [1.82, 2.24) is 10.2 Å². The number of ether oxygens (including phenoxy) is 1. The van der Waals surface area contributed by atoms with E-state index in [9.17, 15) is 18.0 Å². The summed E-state index contributed by atoms with van der Waals surface area (Å²) in [6.45, 7) is 5.22. The van der Waals surface area contributed by atoms with Crippen molar-refractivity contribution in [1.29, 1.82) is 0 Å². The number of amides is 2. The number of rotatable bonds is 15. The van der Waals surface area contributed by atoms with E-state index in [1.807, 2.05) is 44.2 Å². The van der Waals surface area contributed by atoms with Gasteiger partial charge in [0.25, 0.3) is 10.0 Å². The molecule has 0 heterocycles. The van der Waals surface area contributed by atoms with Gasteiger partial charge in [-0.3, -0.25) is 13.9 Å². The van der Waals surface area contributed by atoms with E-state index in [0.29, 0.717) is 27.8 Å². The number of nitrogens with zero attached hydrogens (tertiary/aromatic N) is 2. The summed E-state index contributed by atoms with van der Waals surface area (Å²) in [5.41, 5.74) is 1.57. The first kappa shape index (κ1) is 35.8. The number of hydrogen-bond donors (Lipinski definition) is 1. The maximum absolute atomic E-state index is 14.7. The van der Waals surface area contributed by atoms with Crippen LogP contribution >= 0.6 is 23.2 Å². The van der Waals surface area contributed by atoms with Crippen LogP contribution in [0, 0.1) is 0 Å². The molecule has 4 rings (SSSR count). The van der Waals surface area contributed by atoms with Gasteiger partial charge in [0.2, 0.25) is 11.8 Å². The quantitative estimate of drug-likeness (QED) is 0.143.